The van der Waals surface area contributed by atoms with Gasteiger partial charge < -0.3 is 9.62 Å². The molecule has 0 spiro atoms. The number of furan rings is 1. The number of hydrogen-bond acceptors (Lipinski definition) is 4. The Bertz CT molecular complexity index is 482. The van der Waals surface area contributed by atoms with Crippen LogP contribution >= 0.6 is 11.8 Å². The molecule has 0 amide bonds. The highest BCUT2D eigenvalue weighted by Crippen LogP contribution is 2.15. The van der Waals surface area contributed by atoms with Crippen molar-refractivity contribution in [2.24, 2.45) is 0 Å². The van der Waals surface area contributed by atoms with E-state index in [0.717, 1.165) is 4.73 Å². The van der Waals surface area contributed by atoms with Gasteiger partial charge in [0.15, 0.2) is 12.0 Å². The maximum absolute atomic E-state index is 11.6. The summed E-state index contributed by atoms with van der Waals surface area (Å²) in [4.78, 5) is 11.6. The third-order valence-electron chi connectivity index (χ3n) is 1.94. The van der Waals surface area contributed by atoms with Crippen LogP contribution in [-0.4, -0.2) is 11.5 Å². The molecule has 0 radical (unpaired) electrons. The van der Waals surface area contributed by atoms with E-state index in [1.165, 1.54) is 24.2 Å². The Hall–Kier alpha value is -1.75. The molecule has 82 valence electrons. The summed E-state index contributed by atoms with van der Waals surface area (Å²) in [6.45, 7) is 0. The predicted octanol–water partition coefficient (Wildman–Crippen LogP) is 1.89. The van der Waals surface area contributed by atoms with Gasteiger partial charge in [-0.1, -0.05) is 0 Å². The number of rotatable bonds is 4. The van der Waals surface area contributed by atoms with Crippen molar-refractivity contribution in [3.63, 3.8) is 0 Å². The van der Waals surface area contributed by atoms with Crippen LogP contribution in [-0.2, 0) is 0 Å². The molecule has 0 atom stereocenters. The van der Waals surface area contributed by atoms with Crippen molar-refractivity contribution >= 4 is 17.5 Å². The first-order chi connectivity index (χ1) is 7.77. The molecule has 0 aliphatic heterocycles. The van der Waals surface area contributed by atoms with Crippen LogP contribution in [0.15, 0.2) is 52.2 Å². The summed E-state index contributed by atoms with van der Waals surface area (Å²) in [7, 11) is 0. The Kier molecular flexibility index (Phi) is 3.26. The normalized spacial score (nSPS) is 10.2. The molecule has 0 aromatic carbocycles. The number of carbonyl (C=O) groups is 1. The lowest BCUT2D eigenvalue weighted by atomic mass is 10.3. The van der Waals surface area contributed by atoms with E-state index in [1.54, 1.807) is 30.3 Å². The fraction of sp³-hybridized carbons (Fsp3) is 0.0909. The van der Waals surface area contributed by atoms with Gasteiger partial charge in [-0.05, 0) is 30.0 Å². The average molecular weight is 235 g/mol. The second-order valence-corrected chi connectivity index (χ2v) is 4.05. The Labute approximate surface area is 96.5 Å². The number of Topliss-reactive ketones (excluding diaryl/α,β-unsaturated/α-hetero) is 1. The second kappa shape index (κ2) is 4.85. The number of nitrogens with zero attached hydrogens (tertiary/aromatic N) is 1. The van der Waals surface area contributed by atoms with E-state index in [-0.39, 0.29) is 11.5 Å². The van der Waals surface area contributed by atoms with Gasteiger partial charge in [-0.3, -0.25) is 4.79 Å². The molecule has 0 aliphatic carbocycles. The monoisotopic (exact) mass is 235 g/mol. The van der Waals surface area contributed by atoms with E-state index >= 15 is 0 Å². The Balaban J connectivity index is 1.98. The van der Waals surface area contributed by atoms with Crippen LogP contribution in [0, 0.1) is 5.21 Å². The average Bonchev–Trinajstić information content (AvgIpc) is 2.81. The smallest absolute Gasteiger partial charge is 0.251 e. The molecule has 4 nitrogen and oxygen atoms in total. The third kappa shape index (κ3) is 2.43. The first-order valence-corrected chi connectivity index (χ1v) is 5.63. The quantitative estimate of drug-likeness (QED) is 0.351. The van der Waals surface area contributed by atoms with Crippen LogP contribution < -0.4 is 4.73 Å². The first kappa shape index (κ1) is 10.8. The van der Waals surface area contributed by atoms with Gasteiger partial charge in [0.1, 0.15) is 0 Å². The lowest BCUT2D eigenvalue weighted by molar-refractivity contribution is -0.645. The van der Waals surface area contributed by atoms with Gasteiger partial charge in [-0.25, -0.2) is 0 Å². The van der Waals surface area contributed by atoms with Crippen molar-refractivity contribution in [1.29, 1.82) is 0 Å². The molecule has 0 saturated carbocycles. The van der Waals surface area contributed by atoms with Gasteiger partial charge in [0.2, 0.25) is 5.78 Å². The summed E-state index contributed by atoms with van der Waals surface area (Å²) >= 11 is 1.19. The van der Waals surface area contributed by atoms with Crippen LogP contribution in [0.2, 0.25) is 0 Å². The lowest BCUT2D eigenvalue weighted by Gasteiger charge is -2.01. The van der Waals surface area contributed by atoms with Gasteiger partial charge in [0.05, 0.1) is 12.0 Å². The molecular formula is C11H9NO3S. The number of ketones is 1. The van der Waals surface area contributed by atoms with Crippen LogP contribution in [0.1, 0.15) is 10.6 Å². The molecule has 0 N–H and O–H groups in total. The summed E-state index contributed by atoms with van der Waals surface area (Å²) in [6, 6.07) is 8.35. The Morgan fingerprint density at radius 3 is 2.94 bits per heavy atom. The zero-order valence-corrected chi connectivity index (χ0v) is 9.15. The van der Waals surface area contributed by atoms with E-state index in [0.29, 0.717) is 10.8 Å². The van der Waals surface area contributed by atoms with Crippen LogP contribution in [0.5, 0.6) is 0 Å². The van der Waals surface area contributed by atoms with Crippen molar-refractivity contribution in [3.8, 4) is 0 Å². The summed E-state index contributed by atoms with van der Waals surface area (Å²) < 4.78 is 5.70. The number of aromatic nitrogens is 1. The number of hydrogen-bond donors (Lipinski definition) is 0. The molecular weight excluding hydrogens is 226 g/mol. The molecule has 0 aliphatic rings. The Morgan fingerprint density at radius 2 is 2.25 bits per heavy atom. The minimum Gasteiger partial charge on any atom is -0.618 e. The van der Waals surface area contributed by atoms with Crippen molar-refractivity contribution in [2.45, 2.75) is 5.03 Å². The molecule has 5 heteroatoms. The molecule has 2 aromatic rings. The molecule has 2 aromatic heterocycles. The zero-order valence-electron chi connectivity index (χ0n) is 8.33. The van der Waals surface area contributed by atoms with E-state index in [9.17, 15) is 10.0 Å². The molecule has 0 bridgehead atoms. The van der Waals surface area contributed by atoms with Gasteiger partial charge in [-0.2, -0.15) is 4.73 Å². The number of carbonyl (C=O) groups excluding carboxylic acids is 1. The summed E-state index contributed by atoms with van der Waals surface area (Å²) in [5.41, 5.74) is 0. The summed E-state index contributed by atoms with van der Waals surface area (Å²) in [5.74, 6) is 0.388. The topological polar surface area (TPSA) is 57.1 Å². The fourth-order valence-electron chi connectivity index (χ4n) is 1.17. The zero-order chi connectivity index (χ0) is 11.4. The van der Waals surface area contributed by atoms with Gasteiger partial charge >= 0.3 is 0 Å². The highest BCUT2D eigenvalue weighted by molar-refractivity contribution is 7.99. The van der Waals surface area contributed by atoms with Crippen molar-refractivity contribution in [1.82, 2.24) is 0 Å². The van der Waals surface area contributed by atoms with Crippen LogP contribution in [0.25, 0.3) is 0 Å². The van der Waals surface area contributed by atoms with Crippen LogP contribution in [0.4, 0.5) is 0 Å². The minimum atomic E-state index is -0.126. The SMILES string of the molecule is O=C(CSc1cccc[n+]1[O-])c1ccco1. The van der Waals surface area contributed by atoms with Crippen LogP contribution in [0.3, 0.4) is 0 Å². The number of pyridine rings is 1. The van der Waals surface area contributed by atoms with E-state index < -0.39 is 0 Å². The highest BCUT2D eigenvalue weighted by atomic mass is 32.2. The highest BCUT2D eigenvalue weighted by Gasteiger charge is 2.12. The van der Waals surface area contributed by atoms with E-state index in [1.807, 2.05) is 0 Å². The Morgan fingerprint density at radius 1 is 1.38 bits per heavy atom. The maximum atomic E-state index is 11.6. The molecule has 0 unspecified atom stereocenters. The maximum Gasteiger partial charge on any atom is 0.251 e. The molecule has 0 saturated heterocycles. The van der Waals surface area contributed by atoms with Gasteiger partial charge in [-0.15, -0.1) is 0 Å². The van der Waals surface area contributed by atoms with E-state index in [4.69, 9.17) is 4.42 Å². The third-order valence-corrected chi connectivity index (χ3v) is 2.95. The van der Waals surface area contributed by atoms with Gasteiger partial charge in [0, 0.05) is 12.1 Å². The molecule has 2 rings (SSSR count). The van der Waals surface area contributed by atoms with Crippen molar-refractivity contribution < 1.29 is 13.9 Å². The predicted molar refractivity (Wildman–Crippen MR) is 59.2 cm³/mol. The van der Waals surface area contributed by atoms with E-state index in [2.05, 4.69) is 0 Å². The summed E-state index contributed by atoms with van der Waals surface area (Å²) in [5, 5.41) is 11.8. The van der Waals surface area contributed by atoms with Gasteiger partial charge in [0.25, 0.3) is 5.03 Å². The summed E-state index contributed by atoms with van der Waals surface area (Å²) in [6.07, 6.45) is 2.86. The minimum absolute atomic E-state index is 0.126. The van der Waals surface area contributed by atoms with Crippen molar-refractivity contribution in [3.05, 3.63) is 53.8 Å². The fourth-order valence-corrected chi connectivity index (χ4v) is 1.96. The molecule has 2 heterocycles. The standard InChI is InChI=1S/C11H9NO3S/c13-9(10-4-3-7-15-10)8-16-11-5-1-2-6-12(11)14/h1-7H,8H2. The molecule has 0 fully saturated rings. The number of thioether (sulfide) groups is 1. The largest absolute Gasteiger partial charge is 0.618 e. The lowest BCUT2D eigenvalue weighted by Crippen LogP contribution is -2.28. The second-order valence-electron chi connectivity index (χ2n) is 3.05. The van der Waals surface area contributed by atoms with Crippen molar-refractivity contribution in [2.75, 3.05) is 5.75 Å². The molecule has 16 heavy (non-hydrogen) atoms. The first-order valence-electron chi connectivity index (χ1n) is 4.65.